The van der Waals surface area contributed by atoms with E-state index in [4.69, 9.17) is 16.3 Å². The third-order valence-corrected chi connectivity index (χ3v) is 6.84. The summed E-state index contributed by atoms with van der Waals surface area (Å²) in [6.45, 7) is 6.42. The number of aliphatic hydroxyl groups is 1. The standard InChI is InChI=1S/C24H21ClF2N4O3S/c1-11-7-28-16(18-10-35-23(31-18)24(3,4)33)6-14(11)19-12(2)30-22(20(25)21(19)32)34-9-17-15(27)5-13(26)8-29-17/h5-8,10,19,33H,9H2,1-4H3. The maximum absolute atomic E-state index is 13.9. The fourth-order valence-electron chi connectivity index (χ4n) is 3.51. The maximum atomic E-state index is 13.9. The zero-order valence-corrected chi connectivity index (χ0v) is 20.8. The average molecular weight is 519 g/mol. The van der Waals surface area contributed by atoms with Gasteiger partial charge < -0.3 is 9.84 Å². The first kappa shape index (κ1) is 25.0. The Hall–Kier alpha value is -3.08. The second kappa shape index (κ2) is 9.52. The Morgan fingerprint density at radius 3 is 2.57 bits per heavy atom. The van der Waals surface area contributed by atoms with E-state index in [1.165, 1.54) is 11.3 Å². The molecule has 0 aromatic carbocycles. The van der Waals surface area contributed by atoms with E-state index in [0.717, 1.165) is 11.8 Å². The van der Waals surface area contributed by atoms with E-state index in [-0.39, 0.29) is 23.2 Å². The molecule has 0 saturated heterocycles. The molecule has 3 aromatic rings. The van der Waals surface area contributed by atoms with Crippen LogP contribution in [0.25, 0.3) is 11.4 Å². The number of thiazole rings is 1. The molecule has 4 rings (SSSR count). The minimum Gasteiger partial charge on any atom is -0.470 e. The molecule has 35 heavy (non-hydrogen) atoms. The lowest BCUT2D eigenvalue weighted by atomic mass is 9.86. The van der Waals surface area contributed by atoms with Crippen molar-refractivity contribution in [3.8, 4) is 11.4 Å². The molecule has 7 nitrogen and oxygen atoms in total. The third kappa shape index (κ3) is 5.14. The molecule has 1 atom stereocenters. The molecule has 0 bridgehead atoms. The Balaban J connectivity index is 1.61. The summed E-state index contributed by atoms with van der Waals surface area (Å²) < 4.78 is 32.4. The molecule has 3 aromatic heterocycles. The van der Waals surface area contributed by atoms with Crippen LogP contribution < -0.4 is 0 Å². The topological polar surface area (TPSA) is 97.6 Å². The van der Waals surface area contributed by atoms with Crippen molar-refractivity contribution in [3.05, 3.63) is 74.3 Å². The fraction of sp³-hybridized carbons (Fsp3) is 0.292. The van der Waals surface area contributed by atoms with Crippen LogP contribution in [0.2, 0.25) is 0 Å². The highest BCUT2D eigenvalue weighted by molar-refractivity contribution is 7.10. The molecule has 11 heteroatoms. The Morgan fingerprint density at radius 2 is 1.91 bits per heavy atom. The van der Waals surface area contributed by atoms with E-state index in [2.05, 4.69) is 19.9 Å². The van der Waals surface area contributed by atoms with Crippen LogP contribution in [0.4, 0.5) is 8.78 Å². The number of Topliss-reactive ketones (excluding diaryl/α,β-unsaturated/α-hetero) is 1. The Labute approximate surface area is 209 Å². The molecule has 1 unspecified atom stereocenters. The fourth-order valence-corrected chi connectivity index (χ4v) is 4.55. The van der Waals surface area contributed by atoms with Gasteiger partial charge in [-0.2, -0.15) is 0 Å². The van der Waals surface area contributed by atoms with E-state index in [1.807, 2.05) is 6.92 Å². The lowest BCUT2D eigenvalue weighted by Gasteiger charge is -2.23. The van der Waals surface area contributed by atoms with Crippen molar-refractivity contribution in [2.75, 3.05) is 0 Å². The number of aliphatic imine (C=N–C) groups is 1. The summed E-state index contributed by atoms with van der Waals surface area (Å²) in [4.78, 5) is 30.2. The number of nitrogens with zero attached hydrogens (tertiary/aromatic N) is 4. The number of aryl methyl sites for hydroxylation is 1. The first-order chi connectivity index (χ1) is 16.5. The Kier molecular flexibility index (Phi) is 6.81. The van der Waals surface area contributed by atoms with Gasteiger partial charge in [-0.3, -0.25) is 14.8 Å². The molecular weight excluding hydrogens is 498 g/mol. The number of halogens is 3. The molecule has 0 fully saturated rings. The number of ketones is 1. The Bertz CT molecular complexity index is 1380. The highest BCUT2D eigenvalue weighted by Crippen LogP contribution is 2.35. The second-order valence-corrected chi connectivity index (χ2v) is 9.80. The van der Waals surface area contributed by atoms with Gasteiger partial charge in [0.05, 0.1) is 23.5 Å². The van der Waals surface area contributed by atoms with Gasteiger partial charge in [0.2, 0.25) is 5.88 Å². The quantitative estimate of drug-likeness (QED) is 0.483. The number of allylic oxidation sites excluding steroid dienone is 1. The number of hydrogen-bond acceptors (Lipinski definition) is 8. The number of carbonyl (C=O) groups is 1. The van der Waals surface area contributed by atoms with Crippen LogP contribution in [0, 0.1) is 18.6 Å². The normalized spacial score (nSPS) is 16.5. The summed E-state index contributed by atoms with van der Waals surface area (Å²) >= 11 is 7.62. The van der Waals surface area contributed by atoms with Crippen molar-refractivity contribution in [3.63, 3.8) is 0 Å². The van der Waals surface area contributed by atoms with Crippen LogP contribution in [-0.4, -0.2) is 31.6 Å². The summed E-state index contributed by atoms with van der Waals surface area (Å²) in [6.07, 6.45) is 2.51. The average Bonchev–Trinajstić information content (AvgIpc) is 3.28. The van der Waals surface area contributed by atoms with Gasteiger partial charge in [-0.05, 0) is 44.9 Å². The molecular formula is C24H21ClF2N4O3S. The van der Waals surface area contributed by atoms with Gasteiger partial charge in [-0.1, -0.05) is 11.6 Å². The SMILES string of the molecule is CC1=NC(OCc2ncc(F)cc2F)=C(Cl)C(=O)C1c1cc(-c2csc(C(C)(C)O)n2)ncc1C. The number of pyridine rings is 2. The van der Waals surface area contributed by atoms with Crippen molar-refractivity contribution in [1.29, 1.82) is 0 Å². The van der Waals surface area contributed by atoms with Crippen LogP contribution in [0.1, 0.15) is 48.5 Å². The molecule has 1 N–H and O–H groups in total. The largest absolute Gasteiger partial charge is 0.470 e. The summed E-state index contributed by atoms with van der Waals surface area (Å²) in [7, 11) is 0. The first-order valence-corrected chi connectivity index (χ1v) is 11.8. The van der Waals surface area contributed by atoms with E-state index >= 15 is 0 Å². The zero-order chi connectivity index (χ0) is 25.5. The van der Waals surface area contributed by atoms with Crippen LogP contribution in [0.15, 0.2) is 45.8 Å². The van der Waals surface area contributed by atoms with Gasteiger partial charge in [0, 0.05) is 23.4 Å². The molecule has 0 radical (unpaired) electrons. The molecule has 0 amide bonds. The zero-order valence-electron chi connectivity index (χ0n) is 19.3. The van der Waals surface area contributed by atoms with E-state index in [0.29, 0.717) is 33.7 Å². The molecule has 0 spiro atoms. The highest BCUT2D eigenvalue weighted by Gasteiger charge is 2.34. The summed E-state index contributed by atoms with van der Waals surface area (Å²) in [5.41, 5.74) is 1.73. The van der Waals surface area contributed by atoms with Crippen LogP contribution >= 0.6 is 22.9 Å². The molecule has 182 valence electrons. The third-order valence-electron chi connectivity index (χ3n) is 5.34. The Morgan fingerprint density at radius 1 is 1.17 bits per heavy atom. The van der Waals surface area contributed by atoms with Crippen molar-refractivity contribution in [1.82, 2.24) is 15.0 Å². The minimum absolute atomic E-state index is 0.144. The van der Waals surface area contributed by atoms with E-state index in [1.54, 1.807) is 38.4 Å². The van der Waals surface area contributed by atoms with Crippen molar-refractivity contribution < 1.29 is 23.4 Å². The van der Waals surface area contributed by atoms with Gasteiger partial charge in [0.15, 0.2) is 11.6 Å². The van der Waals surface area contributed by atoms with Gasteiger partial charge in [-0.25, -0.2) is 18.8 Å². The lowest BCUT2D eigenvalue weighted by molar-refractivity contribution is -0.115. The second-order valence-electron chi connectivity index (χ2n) is 8.56. The van der Waals surface area contributed by atoms with Crippen molar-refractivity contribution >= 4 is 34.4 Å². The number of hydrogen-bond donors (Lipinski definition) is 1. The number of aromatic nitrogens is 3. The van der Waals surface area contributed by atoms with Crippen molar-refractivity contribution in [2.24, 2.45) is 4.99 Å². The van der Waals surface area contributed by atoms with E-state index < -0.39 is 28.9 Å². The number of rotatable bonds is 6. The van der Waals surface area contributed by atoms with Gasteiger partial charge in [0.1, 0.15) is 33.8 Å². The summed E-state index contributed by atoms with van der Waals surface area (Å²) in [5.74, 6) is -3.05. The predicted octanol–water partition coefficient (Wildman–Crippen LogP) is 5.17. The van der Waals surface area contributed by atoms with Crippen LogP contribution in [-0.2, 0) is 21.7 Å². The van der Waals surface area contributed by atoms with Crippen molar-refractivity contribution in [2.45, 2.75) is 45.8 Å². The predicted molar refractivity (Wildman–Crippen MR) is 128 cm³/mol. The molecule has 0 aliphatic carbocycles. The van der Waals surface area contributed by atoms with Gasteiger partial charge >= 0.3 is 0 Å². The number of carbonyl (C=O) groups excluding carboxylic acids is 1. The summed E-state index contributed by atoms with van der Waals surface area (Å²) in [5, 5.41) is 12.3. The van der Waals surface area contributed by atoms with Crippen LogP contribution in [0.5, 0.6) is 0 Å². The van der Waals surface area contributed by atoms with Gasteiger partial charge in [0.25, 0.3) is 0 Å². The first-order valence-electron chi connectivity index (χ1n) is 10.5. The molecule has 0 saturated carbocycles. The lowest BCUT2D eigenvalue weighted by Crippen LogP contribution is -2.26. The monoisotopic (exact) mass is 518 g/mol. The minimum atomic E-state index is -1.08. The molecule has 1 aliphatic heterocycles. The van der Waals surface area contributed by atoms with E-state index in [9.17, 15) is 18.7 Å². The molecule has 4 heterocycles. The van der Waals surface area contributed by atoms with Gasteiger partial charge in [-0.15, -0.1) is 11.3 Å². The highest BCUT2D eigenvalue weighted by atomic mass is 35.5. The summed E-state index contributed by atoms with van der Waals surface area (Å²) in [6, 6.07) is 2.45. The van der Waals surface area contributed by atoms with Crippen LogP contribution in [0.3, 0.4) is 0 Å². The maximum Gasteiger partial charge on any atom is 0.236 e. The smallest absolute Gasteiger partial charge is 0.236 e. The molecule has 1 aliphatic rings. The number of ether oxygens (including phenoxy) is 1.